The van der Waals surface area contributed by atoms with Crippen molar-refractivity contribution < 1.29 is 0 Å². The fraction of sp³-hybridized carbons (Fsp3) is 1.00. The molecule has 1 heterocycles. The van der Waals surface area contributed by atoms with Gasteiger partial charge in [0, 0.05) is 30.3 Å². The molecular weight excluding hydrogens is 180 g/mol. The van der Waals surface area contributed by atoms with Crippen LogP contribution in [0, 0.1) is 5.92 Å². The molecule has 76 valence electrons. The first-order chi connectivity index (χ1) is 6.27. The smallest absolute Gasteiger partial charge is 0.0448 e. The highest BCUT2D eigenvalue weighted by molar-refractivity contribution is 7.99. The van der Waals surface area contributed by atoms with Crippen molar-refractivity contribution in [1.29, 1.82) is 0 Å². The van der Waals surface area contributed by atoms with Crippen molar-refractivity contribution in [3.05, 3.63) is 0 Å². The number of thioether (sulfide) groups is 1. The van der Waals surface area contributed by atoms with Crippen molar-refractivity contribution in [2.75, 3.05) is 18.2 Å². The quantitative estimate of drug-likeness (QED) is 0.732. The first kappa shape index (κ1) is 9.81. The molecule has 3 heteroatoms. The van der Waals surface area contributed by atoms with Gasteiger partial charge in [0.2, 0.25) is 0 Å². The molecule has 0 aromatic rings. The summed E-state index contributed by atoms with van der Waals surface area (Å²) in [6.45, 7) is 3.67. The average Bonchev–Trinajstić information content (AvgIpc) is 2.72. The lowest BCUT2D eigenvalue weighted by molar-refractivity contribution is 0.200. The Bertz CT molecular complexity index is 168. The molecule has 0 radical (unpaired) electrons. The van der Waals surface area contributed by atoms with Gasteiger partial charge in [-0.05, 0) is 32.1 Å². The van der Waals surface area contributed by atoms with Crippen LogP contribution in [-0.4, -0.2) is 35.2 Å². The van der Waals surface area contributed by atoms with Gasteiger partial charge >= 0.3 is 0 Å². The second-order valence-electron chi connectivity index (χ2n) is 4.42. The summed E-state index contributed by atoms with van der Waals surface area (Å²) in [5.41, 5.74) is 5.94. The van der Waals surface area contributed by atoms with Gasteiger partial charge in [0.05, 0.1) is 0 Å². The lowest BCUT2D eigenvalue weighted by Crippen LogP contribution is -2.36. The Morgan fingerprint density at radius 2 is 2.31 bits per heavy atom. The van der Waals surface area contributed by atoms with E-state index in [2.05, 4.69) is 23.6 Å². The summed E-state index contributed by atoms with van der Waals surface area (Å²) in [4.78, 5) is 2.62. The molecule has 0 amide bonds. The maximum absolute atomic E-state index is 5.94. The molecule has 2 nitrogen and oxygen atoms in total. The molecule has 0 aromatic carbocycles. The van der Waals surface area contributed by atoms with E-state index in [1.54, 1.807) is 0 Å². The van der Waals surface area contributed by atoms with Gasteiger partial charge in [0.25, 0.3) is 0 Å². The Kier molecular flexibility index (Phi) is 3.17. The summed E-state index contributed by atoms with van der Waals surface area (Å²) in [5.74, 6) is 3.43. The van der Waals surface area contributed by atoms with E-state index in [4.69, 9.17) is 5.73 Å². The molecule has 1 saturated carbocycles. The molecule has 0 bridgehead atoms. The minimum Gasteiger partial charge on any atom is -0.328 e. The molecular formula is C10H20N2S. The van der Waals surface area contributed by atoms with Crippen LogP contribution < -0.4 is 5.73 Å². The standard InChI is InChI=1S/C10H20N2S/c1-8(12-4-5-13-7-12)9-2-3-10(11)6-9/h8-10H,2-7,11H2,1H3. The van der Waals surface area contributed by atoms with E-state index in [1.165, 1.54) is 37.4 Å². The molecule has 1 aliphatic heterocycles. The van der Waals surface area contributed by atoms with Crippen molar-refractivity contribution in [3.63, 3.8) is 0 Å². The maximum atomic E-state index is 5.94. The summed E-state index contributed by atoms with van der Waals surface area (Å²) in [6.07, 6.45) is 3.85. The predicted octanol–water partition coefficient (Wildman–Crippen LogP) is 1.51. The first-order valence-electron chi connectivity index (χ1n) is 5.35. The second kappa shape index (κ2) is 4.20. The van der Waals surface area contributed by atoms with E-state index in [0.29, 0.717) is 6.04 Å². The topological polar surface area (TPSA) is 29.3 Å². The van der Waals surface area contributed by atoms with Crippen LogP contribution in [0.5, 0.6) is 0 Å². The van der Waals surface area contributed by atoms with E-state index in [9.17, 15) is 0 Å². The number of rotatable bonds is 2. The van der Waals surface area contributed by atoms with Gasteiger partial charge in [-0.25, -0.2) is 0 Å². The first-order valence-corrected chi connectivity index (χ1v) is 6.50. The summed E-state index contributed by atoms with van der Waals surface area (Å²) in [7, 11) is 0. The maximum Gasteiger partial charge on any atom is 0.0448 e. The molecule has 1 saturated heterocycles. The highest BCUT2D eigenvalue weighted by Gasteiger charge is 2.30. The zero-order valence-corrected chi connectivity index (χ0v) is 9.22. The highest BCUT2D eigenvalue weighted by Crippen LogP contribution is 2.31. The predicted molar refractivity (Wildman–Crippen MR) is 58.8 cm³/mol. The van der Waals surface area contributed by atoms with Crippen molar-refractivity contribution in [3.8, 4) is 0 Å². The summed E-state index contributed by atoms with van der Waals surface area (Å²) >= 11 is 2.06. The van der Waals surface area contributed by atoms with Crippen LogP contribution in [0.4, 0.5) is 0 Å². The van der Waals surface area contributed by atoms with E-state index >= 15 is 0 Å². The van der Waals surface area contributed by atoms with Gasteiger partial charge in [0.15, 0.2) is 0 Å². The van der Waals surface area contributed by atoms with E-state index in [1.807, 2.05) is 0 Å². The van der Waals surface area contributed by atoms with Crippen molar-refractivity contribution >= 4 is 11.8 Å². The normalized spacial score (nSPS) is 38.3. The van der Waals surface area contributed by atoms with Crippen LogP contribution in [0.3, 0.4) is 0 Å². The largest absolute Gasteiger partial charge is 0.328 e. The van der Waals surface area contributed by atoms with Crippen LogP contribution in [0.1, 0.15) is 26.2 Å². The molecule has 0 aromatic heterocycles. The number of hydrogen-bond donors (Lipinski definition) is 1. The summed E-state index contributed by atoms with van der Waals surface area (Å²) in [5, 5.41) is 0. The zero-order valence-electron chi connectivity index (χ0n) is 8.41. The van der Waals surface area contributed by atoms with E-state index in [-0.39, 0.29) is 0 Å². The Morgan fingerprint density at radius 1 is 1.46 bits per heavy atom. The lowest BCUT2D eigenvalue weighted by Gasteiger charge is -2.28. The number of nitrogens with zero attached hydrogens (tertiary/aromatic N) is 1. The second-order valence-corrected chi connectivity index (χ2v) is 5.50. The molecule has 0 spiro atoms. The zero-order chi connectivity index (χ0) is 9.26. The third-order valence-corrected chi connectivity index (χ3v) is 4.54. The molecule has 1 aliphatic carbocycles. The Hall–Kier alpha value is 0.270. The highest BCUT2D eigenvalue weighted by atomic mass is 32.2. The van der Waals surface area contributed by atoms with Crippen molar-refractivity contribution in [2.45, 2.75) is 38.3 Å². The van der Waals surface area contributed by atoms with Gasteiger partial charge in [-0.15, -0.1) is 11.8 Å². The fourth-order valence-electron chi connectivity index (χ4n) is 2.54. The average molecular weight is 200 g/mol. The van der Waals surface area contributed by atoms with Crippen LogP contribution in [0.25, 0.3) is 0 Å². The molecule has 13 heavy (non-hydrogen) atoms. The van der Waals surface area contributed by atoms with Crippen molar-refractivity contribution in [1.82, 2.24) is 4.90 Å². The van der Waals surface area contributed by atoms with Gasteiger partial charge in [-0.3, -0.25) is 4.90 Å². The fourth-order valence-corrected chi connectivity index (χ4v) is 3.63. The van der Waals surface area contributed by atoms with Gasteiger partial charge in [-0.2, -0.15) is 0 Å². The van der Waals surface area contributed by atoms with Crippen LogP contribution in [0.15, 0.2) is 0 Å². The lowest BCUT2D eigenvalue weighted by atomic mass is 9.98. The molecule has 2 N–H and O–H groups in total. The van der Waals surface area contributed by atoms with E-state index < -0.39 is 0 Å². The molecule has 3 atom stereocenters. The molecule has 3 unspecified atom stereocenters. The van der Waals surface area contributed by atoms with E-state index in [0.717, 1.165) is 12.0 Å². The Balaban J connectivity index is 1.85. The number of hydrogen-bond acceptors (Lipinski definition) is 3. The minimum atomic E-state index is 0.489. The van der Waals surface area contributed by atoms with Gasteiger partial charge in [-0.1, -0.05) is 0 Å². The Labute approximate surface area is 85.2 Å². The van der Waals surface area contributed by atoms with Crippen LogP contribution >= 0.6 is 11.8 Å². The molecule has 2 rings (SSSR count). The monoisotopic (exact) mass is 200 g/mol. The third-order valence-electron chi connectivity index (χ3n) is 3.55. The number of nitrogens with two attached hydrogens (primary N) is 1. The van der Waals surface area contributed by atoms with Crippen LogP contribution in [-0.2, 0) is 0 Å². The van der Waals surface area contributed by atoms with Gasteiger partial charge in [0.1, 0.15) is 0 Å². The summed E-state index contributed by atoms with van der Waals surface area (Å²) in [6, 6.07) is 1.26. The van der Waals surface area contributed by atoms with Crippen molar-refractivity contribution in [2.24, 2.45) is 11.7 Å². The molecule has 2 fully saturated rings. The Morgan fingerprint density at radius 3 is 2.85 bits per heavy atom. The van der Waals surface area contributed by atoms with Crippen LogP contribution in [0.2, 0.25) is 0 Å². The summed E-state index contributed by atoms with van der Waals surface area (Å²) < 4.78 is 0. The minimum absolute atomic E-state index is 0.489. The SMILES string of the molecule is CC(C1CCC(N)C1)N1CCSC1. The molecule has 2 aliphatic rings. The van der Waals surface area contributed by atoms with Gasteiger partial charge < -0.3 is 5.73 Å². The third kappa shape index (κ3) is 2.20.